The van der Waals surface area contributed by atoms with Crippen LogP contribution in [0, 0.1) is 0 Å². The van der Waals surface area contributed by atoms with Crippen molar-refractivity contribution < 1.29 is 0 Å². The van der Waals surface area contributed by atoms with Crippen molar-refractivity contribution in [2.24, 2.45) is 0 Å². The molecule has 0 saturated carbocycles. The number of hydrogen-bond acceptors (Lipinski definition) is 4. The standard InChI is InChI=1S/C14H24N4/c1-3-13(4-2)17-7-9-18(10-8-17)14-6-5-12(15)11-16-14/h5-6,11,13H,3-4,7-10,15H2,1-2H3. The monoisotopic (exact) mass is 248 g/mol. The summed E-state index contributed by atoms with van der Waals surface area (Å²) in [5.74, 6) is 1.05. The summed E-state index contributed by atoms with van der Waals surface area (Å²) in [6.45, 7) is 8.96. The molecule has 1 saturated heterocycles. The highest BCUT2D eigenvalue weighted by Gasteiger charge is 2.22. The molecule has 1 aliphatic heterocycles. The Bertz CT molecular complexity index is 351. The van der Waals surface area contributed by atoms with Gasteiger partial charge in [0.05, 0.1) is 11.9 Å². The first kappa shape index (κ1) is 13.1. The second-order valence-electron chi connectivity index (χ2n) is 4.94. The fourth-order valence-corrected chi connectivity index (χ4v) is 2.71. The maximum absolute atomic E-state index is 5.66. The summed E-state index contributed by atoms with van der Waals surface area (Å²) in [4.78, 5) is 9.35. The van der Waals surface area contributed by atoms with Gasteiger partial charge in [-0.1, -0.05) is 13.8 Å². The molecular formula is C14H24N4. The van der Waals surface area contributed by atoms with Gasteiger partial charge in [0.15, 0.2) is 0 Å². The zero-order chi connectivity index (χ0) is 13.0. The highest BCUT2D eigenvalue weighted by molar-refractivity contribution is 5.46. The fourth-order valence-electron chi connectivity index (χ4n) is 2.71. The Morgan fingerprint density at radius 3 is 2.33 bits per heavy atom. The molecule has 0 radical (unpaired) electrons. The molecule has 1 fully saturated rings. The van der Waals surface area contributed by atoms with Gasteiger partial charge in [-0.2, -0.15) is 0 Å². The molecule has 0 unspecified atom stereocenters. The number of anilines is 2. The van der Waals surface area contributed by atoms with E-state index >= 15 is 0 Å². The van der Waals surface area contributed by atoms with Crippen LogP contribution < -0.4 is 10.6 Å². The molecule has 1 aliphatic rings. The zero-order valence-corrected chi connectivity index (χ0v) is 11.5. The summed E-state index contributed by atoms with van der Waals surface area (Å²) in [5, 5.41) is 0. The van der Waals surface area contributed by atoms with Gasteiger partial charge in [-0.3, -0.25) is 4.90 Å². The van der Waals surface area contributed by atoms with E-state index in [-0.39, 0.29) is 0 Å². The van der Waals surface area contributed by atoms with E-state index in [1.165, 1.54) is 12.8 Å². The molecule has 4 nitrogen and oxygen atoms in total. The second-order valence-corrected chi connectivity index (χ2v) is 4.94. The van der Waals surface area contributed by atoms with E-state index in [4.69, 9.17) is 5.73 Å². The minimum absolute atomic E-state index is 0.731. The SMILES string of the molecule is CCC(CC)N1CCN(c2ccc(N)cn2)CC1. The van der Waals surface area contributed by atoms with Crippen LogP contribution in [0.25, 0.3) is 0 Å². The van der Waals surface area contributed by atoms with Gasteiger partial charge < -0.3 is 10.6 Å². The lowest BCUT2D eigenvalue weighted by Gasteiger charge is -2.39. The Morgan fingerprint density at radius 1 is 1.17 bits per heavy atom. The smallest absolute Gasteiger partial charge is 0.128 e. The summed E-state index contributed by atoms with van der Waals surface area (Å²) in [5.41, 5.74) is 6.40. The van der Waals surface area contributed by atoms with Gasteiger partial charge >= 0.3 is 0 Å². The van der Waals surface area contributed by atoms with Gasteiger partial charge in [0.2, 0.25) is 0 Å². The summed E-state index contributed by atoms with van der Waals surface area (Å²) in [6.07, 6.45) is 4.23. The van der Waals surface area contributed by atoms with E-state index in [1.807, 2.05) is 12.1 Å². The lowest BCUT2D eigenvalue weighted by Crippen LogP contribution is -2.50. The Kier molecular flexibility index (Phi) is 4.42. The van der Waals surface area contributed by atoms with Crippen molar-refractivity contribution in [1.82, 2.24) is 9.88 Å². The van der Waals surface area contributed by atoms with Crippen molar-refractivity contribution in [2.45, 2.75) is 32.7 Å². The Morgan fingerprint density at radius 2 is 1.83 bits per heavy atom. The zero-order valence-electron chi connectivity index (χ0n) is 11.5. The van der Waals surface area contributed by atoms with E-state index in [0.717, 1.165) is 43.7 Å². The lowest BCUT2D eigenvalue weighted by molar-refractivity contribution is 0.175. The first-order valence-electron chi connectivity index (χ1n) is 6.95. The van der Waals surface area contributed by atoms with Crippen LogP contribution in [0.3, 0.4) is 0 Å². The van der Waals surface area contributed by atoms with Crippen LogP contribution in [-0.4, -0.2) is 42.1 Å². The maximum Gasteiger partial charge on any atom is 0.128 e. The number of nitrogens with two attached hydrogens (primary N) is 1. The number of nitrogens with zero attached hydrogens (tertiary/aromatic N) is 3. The number of hydrogen-bond donors (Lipinski definition) is 1. The molecule has 2 rings (SSSR count). The molecule has 1 aromatic rings. The van der Waals surface area contributed by atoms with Crippen LogP contribution in [0.5, 0.6) is 0 Å². The van der Waals surface area contributed by atoms with Gasteiger partial charge in [-0.25, -0.2) is 4.98 Å². The third-order valence-corrected chi connectivity index (χ3v) is 3.87. The Labute approximate surface area is 110 Å². The van der Waals surface area contributed by atoms with Crippen molar-refractivity contribution in [1.29, 1.82) is 0 Å². The topological polar surface area (TPSA) is 45.4 Å². The third kappa shape index (κ3) is 2.93. The van der Waals surface area contributed by atoms with Gasteiger partial charge in [0, 0.05) is 32.2 Å². The Hall–Kier alpha value is -1.29. The minimum Gasteiger partial charge on any atom is -0.397 e. The van der Waals surface area contributed by atoms with E-state index < -0.39 is 0 Å². The fraction of sp³-hybridized carbons (Fsp3) is 0.643. The van der Waals surface area contributed by atoms with Gasteiger partial charge in [0.25, 0.3) is 0 Å². The first-order valence-corrected chi connectivity index (χ1v) is 6.95. The molecule has 0 aliphatic carbocycles. The van der Waals surface area contributed by atoms with Crippen molar-refractivity contribution in [3.05, 3.63) is 18.3 Å². The van der Waals surface area contributed by atoms with Crippen molar-refractivity contribution in [3.8, 4) is 0 Å². The minimum atomic E-state index is 0.731. The summed E-state index contributed by atoms with van der Waals surface area (Å²) >= 11 is 0. The van der Waals surface area contributed by atoms with Crippen LogP contribution in [0.2, 0.25) is 0 Å². The average Bonchev–Trinajstić information content (AvgIpc) is 2.42. The Balaban J connectivity index is 1.92. The van der Waals surface area contributed by atoms with E-state index in [9.17, 15) is 0 Å². The molecule has 2 N–H and O–H groups in total. The molecular weight excluding hydrogens is 224 g/mol. The second kappa shape index (κ2) is 6.05. The van der Waals surface area contributed by atoms with Crippen molar-refractivity contribution in [3.63, 3.8) is 0 Å². The van der Waals surface area contributed by atoms with Crippen LogP contribution in [0.15, 0.2) is 18.3 Å². The molecule has 1 aromatic heterocycles. The van der Waals surface area contributed by atoms with Crippen LogP contribution in [0.4, 0.5) is 11.5 Å². The largest absolute Gasteiger partial charge is 0.397 e. The van der Waals surface area contributed by atoms with Gasteiger partial charge in [0.1, 0.15) is 5.82 Å². The van der Waals surface area contributed by atoms with E-state index in [1.54, 1.807) is 6.20 Å². The molecule has 0 atom stereocenters. The molecule has 0 amide bonds. The summed E-state index contributed by atoms with van der Waals surface area (Å²) in [7, 11) is 0. The summed E-state index contributed by atoms with van der Waals surface area (Å²) < 4.78 is 0. The molecule has 100 valence electrons. The maximum atomic E-state index is 5.66. The first-order chi connectivity index (χ1) is 8.74. The molecule has 2 heterocycles. The molecule has 4 heteroatoms. The van der Waals surface area contributed by atoms with Gasteiger partial charge in [-0.15, -0.1) is 0 Å². The average molecular weight is 248 g/mol. The molecule has 18 heavy (non-hydrogen) atoms. The van der Waals surface area contributed by atoms with Crippen LogP contribution >= 0.6 is 0 Å². The van der Waals surface area contributed by atoms with Crippen molar-refractivity contribution >= 4 is 11.5 Å². The molecule has 0 spiro atoms. The van der Waals surface area contributed by atoms with Gasteiger partial charge in [-0.05, 0) is 25.0 Å². The predicted molar refractivity (Wildman–Crippen MR) is 76.8 cm³/mol. The quantitative estimate of drug-likeness (QED) is 0.885. The highest BCUT2D eigenvalue weighted by atomic mass is 15.3. The van der Waals surface area contributed by atoms with E-state index in [0.29, 0.717) is 0 Å². The number of nitrogen functional groups attached to an aromatic ring is 1. The number of piperazine rings is 1. The number of pyridine rings is 1. The van der Waals surface area contributed by atoms with Crippen LogP contribution in [-0.2, 0) is 0 Å². The third-order valence-electron chi connectivity index (χ3n) is 3.87. The molecule has 0 aromatic carbocycles. The summed E-state index contributed by atoms with van der Waals surface area (Å²) in [6, 6.07) is 4.68. The lowest BCUT2D eigenvalue weighted by atomic mass is 10.1. The van der Waals surface area contributed by atoms with Crippen LogP contribution in [0.1, 0.15) is 26.7 Å². The number of aromatic nitrogens is 1. The van der Waals surface area contributed by atoms with E-state index in [2.05, 4.69) is 28.6 Å². The van der Waals surface area contributed by atoms with Crippen molar-refractivity contribution in [2.75, 3.05) is 36.8 Å². The highest BCUT2D eigenvalue weighted by Crippen LogP contribution is 2.17. The normalized spacial score (nSPS) is 17.4. The number of rotatable bonds is 4. The predicted octanol–water partition coefficient (Wildman–Crippen LogP) is 1.97. The molecule has 0 bridgehead atoms.